The quantitative estimate of drug-likeness (QED) is 0.565. The number of hydrogen-bond acceptors (Lipinski definition) is 5. The first-order chi connectivity index (χ1) is 15.5. The van der Waals surface area contributed by atoms with Gasteiger partial charge in [-0.1, -0.05) is 89.0 Å². The van der Waals surface area contributed by atoms with Gasteiger partial charge < -0.3 is 0 Å². The minimum atomic E-state index is -0.605. The molecule has 2 aliphatic rings. The number of amidine groups is 1. The highest BCUT2D eigenvalue weighted by molar-refractivity contribution is 8.13. The molecule has 1 atom stereocenters. The van der Waals surface area contributed by atoms with E-state index in [1.165, 1.54) is 11.8 Å². The van der Waals surface area contributed by atoms with Crippen molar-refractivity contribution in [3.05, 3.63) is 104 Å². The van der Waals surface area contributed by atoms with Crippen molar-refractivity contribution in [1.82, 2.24) is 10.3 Å². The molecule has 160 valence electrons. The second kappa shape index (κ2) is 8.79. The van der Waals surface area contributed by atoms with Gasteiger partial charge in [0, 0.05) is 31.6 Å². The number of fused-ring (bicyclic) bond motifs is 2. The van der Waals surface area contributed by atoms with E-state index in [0.717, 1.165) is 5.56 Å². The Bertz CT molecular complexity index is 1390. The van der Waals surface area contributed by atoms with Gasteiger partial charge in [-0.3, -0.25) is 15.1 Å². The average molecular weight is 502 g/mol. The van der Waals surface area contributed by atoms with Crippen molar-refractivity contribution < 1.29 is 4.79 Å². The maximum atomic E-state index is 13.2. The predicted octanol–water partition coefficient (Wildman–Crippen LogP) is 4.72. The molecule has 0 saturated carbocycles. The van der Waals surface area contributed by atoms with E-state index in [1.807, 2.05) is 54.6 Å². The summed E-state index contributed by atoms with van der Waals surface area (Å²) in [7, 11) is 0. The monoisotopic (exact) mass is 500 g/mol. The van der Waals surface area contributed by atoms with Gasteiger partial charge in [-0.25, -0.2) is 5.01 Å². The summed E-state index contributed by atoms with van der Waals surface area (Å²) >= 11 is 20.3. The number of thioether (sulfide) groups is 1. The van der Waals surface area contributed by atoms with E-state index >= 15 is 0 Å². The Labute approximate surface area is 203 Å². The van der Waals surface area contributed by atoms with Crippen molar-refractivity contribution in [1.29, 1.82) is 0 Å². The van der Waals surface area contributed by atoms with E-state index < -0.39 is 6.17 Å². The number of nitrogens with one attached hydrogen (secondary N) is 1. The van der Waals surface area contributed by atoms with E-state index in [2.05, 4.69) is 5.32 Å². The molecule has 0 fully saturated rings. The van der Waals surface area contributed by atoms with Crippen LogP contribution in [0.5, 0.6) is 0 Å². The Kier molecular flexibility index (Phi) is 5.86. The van der Waals surface area contributed by atoms with Crippen LogP contribution in [0.4, 0.5) is 0 Å². The molecule has 32 heavy (non-hydrogen) atoms. The van der Waals surface area contributed by atoms with Crippen molar-refractivity contribution in [2.24, 2.45) is 10.1 Å². The molecule has 0 bridgehead atoms. The van der Waals surface area contributed by atoms with E-state index in [0.29, 0.717) is 47.8 Å². The molecule has 3 aromatic rings. The molecule has 3 aromatic carbocycles. The van der Waals surface area contributed by atoms with E-state index in [9.17, 15) is 4.79 Å². The number of nitrogens with zero attached hydrogens (tertiary/aromatic N) is 3. The molecule has 1 unspecified atom stereocenters. The summed E-state index contributed by atoms with van der Waals surface area (Å²) in [6.45, 7) is 0. The van der Waals surface area contributed by atoms with Gasteiger partial charge in [-0.15, -0.1) is 5.10 Å². The summed E-state index contributed by atoms with van der Waals surface area (Å²) in [5.74, 6) is 0.307. The minimum absolute atomic E-state index is 0.251. The molecule has 0 aromatic heterocycles. The normalized spacial score (nSPS) is 17.2. The predicted molar refractivity (Wildman–Crippen MR) is 130 cm³/mol. The number of rotatable bonds is 3. The van der Waals surface area contributed by atoms with Crippen LogP contribution in [0.15, 0.2) is 76.8 Å². The summed E-state index contributed by atoms with van der Waals surface area (Å²) in [6, 6.07) is 20.3. The van der Waals surface area contributed by atoms with Crippen LogP contribution in [0.25, 0.3) is 5.70 Å². The first-order valence-electron chi connectivity index (χ1n) is 9.69. The van der Waals surface area contributed by atoms with Gasteiger partial charge in [-0.2, -0.15) is 0 Å². The molecule has 0 saturated heterocycles. The Morgan fingerprint density at radius 2 is 1.75 bits per heavy atom. The summed E-state index contributed by atoms with van der Waals surface area (Å²) in [5.41, 5.74) is 2.09. The molecule has 9 heteroatoms. The van der Waals surface area contributed by atoms with Crippen LogP contribution in [0.1, 0.15) is 17.3 Å². The Hall–Kier alpha value is -2.51. The third-order valence-corrected chi connectivity index (χ3v) is 6.92. The fourth-order valence-electron chi connectivity index (χ4n) is 3.57. The van der Waals surface area contributed by atoms with E-state index in [1.54, 1.807) is 17.1 Å². The highest BCUT2D eigenvalue weighted by Gasteiger charge is 2.35. The molecule has 1 N–H and O–H groups in total. The molecule has 0 spiro atoms. The number of benzene rings is 3. The van der Waals surface area contributed by atoms with Crippen molar-refractivity contribution >= 4 is 63.3 Å². The lowest BCUT2D eigenvalue weighted by Gasteiger charge is -2.34. The fraction of sp³-hybridized carbons (Fsp3) is 0.0870. The lowest BCUT2D eigenvalue weighted by Crippen LogP contribution is -2.50. The van der Waals surface area contributed by atoms with Gasteiger partial charge in [-0.05, 0) is 29.8 Å². The third kappa shape index (κ3) is 3.99. The van der Waals surface area contributed by atoms with Crippen molar-refractivity contribution in [2.45, 2.75) is 11.9 Å². The van der Waals surface area contributed by atoms with Gasteiger partial charge >= 0.3 is 0 Å². The number of hydrazone groups is 1. The van der Waals surface area contributed by atoms with Crippen LogP contribution < -0.4 is 15.9 Å². The highest BCUT2D eigenvalue weighted by Crippen LogP contribution is 2.35. The van der Waals surface area contributed by atoms with Gasteiger partial charge in [0.1, 0.15) is 5.70 Å². The van der Waals surface area contributed by atoms with Crippen LogP contribution in [-0.4, -0.2) is 16.1 Å². The van der Waals surface area contributed by atoms with Crippen molar-refractivity contribution in [3.8, 4) is 0 Å². The SMILES string of the molecule is O=C1NC(SCc2ccccc2Cl)=NN2C1=c1ccccc1=NC2c1ccc(Cl)cc1Cl. The lowest BCUT2D eigenvalue weighted by atomic mass is 10.1. The Morgan fingerprint density at radius 3 is 2.56 bits per heavy atom. The van der Waals surface area contributed by atoms with Crippen molar-refractivity contribution in [3.63, 3.8) is 0 Å². The summed E-state index contributed by atoms with van der Waals surface area (Å²) in [6.07, 6.45) is -0.605. The summed E-state index contributed by atoms with van der Waals surface area (Å²) in [4.78, 5) is 18.0. The molecular weight excluding hydrogens is 487 g/mol. The van der Waals surface area contributed by atoms with Crippen LogP contribution in [-0.2, 0) is 10.5 Å². The maximum Gasteiger partial charge on any atom is 0.276 e. The molecule has 2 heterocycles. The van der Waals surface area contributed by atoms with Gasteiger partial charge in [0.15, 0.2) is 11.3 Å². The topological polar surface area (TPSA) is 57.1 Å². The molecule has 1 amide bonds. The number of para-hydroxylation sites is 1. The van der Waals surface area contributed by atoms with Crippen LogP contribution >= 0.6 is 46.6 Å². The Morgan fingerprint density at radius 1 is 0.969 bits per heavy atom. The highest BCUT2D eigenvalue weighted by atomic mass is 35.5. The number of amides is 1. The largest absolute Gasteiger partial charge is 0.298 e. The number of carbonyl (C=O) groups excluding carboxylic acids is 1. The second-order valence-electron chi connectivity index (χ2n) is 7.12. The molecule has 5 nitrogen and oxygen atoms in total. The fourth-order valence-corrected chi connectivity index (χ4v) is 5.21. The van der Waals surface area contributed by atoms with E-state index in [-0.39, 0.29) is 5.91 Å². The standard InChI is InChI=1S/C23H15Cl3N4OS/c24-14-9-10-15(18(26)11-14)21-27-19-8-4-2-6-16(19)20-22(31)28-23(29-30(20)21)32-12-13-5-1-3-7-17(13)25/h1-11,21H,12H2,(H,28,29,31). The van der Waals surface area contributed by atoms with Crippen LogP contribution in [0, 0.1) is 0 Å². The first kappa shape index (κ1) is 21.3. The second-order valence-corrected chi connectivity index (χ2v) is 9.33. The van der Waals surface area contributed by atoms with Gasteiger partial charge in [0.25, 0.3) is 5.91 Å². The molecular formula is C23H15Cl3N4OS. The lowest BCUT2D eigenvalue weighted by molar-refractivity contribution is -0.116. The average Bonchev–Trinajstić information content (AvgIpc) is 2.78. The Balaban J connectivity index is 1.59. The van der Waals surface area contributed by atoms with Crippen LogP contribution in [0.2, 0.25) is 15.1 Å². The minimum Gasteiger partial charge on any atom is -0.298 e. The zero-order valence-corrected chi connectivity index (χ0v) is 19.5. The molecule has 5 rings (SSSR count). The van der Waals surface area contributed by atoms with Gasteiger partial charge in [0.05, 0.1) is 5.36 Å². The summed E-state index contributed by atoms with van der Waals surface area (Å²) < 4.78 is 0. The maximum absolute atomic E-state index is 13.2. The van der Waals surface area contributed by atoms with Crippen LogP contribution in [0.3, 0.4) is 0 Å². The molecule has 0 aliphatic carbocycles. The van der Waals surface area contributed by atoms with Crippen molar-refractivity contribution in [2.75, 3.05) is 0 Å². The zero-order valence-electron chi connectivity index (χ0n) is 16.4. The number of hydrogen-bond donors (Lipinski definition) is 1. The number of halogens is 3. The van der Waals surface area contributed by atoms with E-state index in [4.69, 9.17) is 44.9 Å². The smallest absolute Gasteiger partial charge is 0.276 e. The summed E-state index contributed by atoms with van der Waals surface area (Å²) in [5, 5.41) is 12.8. The zero-order chi connectivity index (χ0) is 22.2. The third-order valence-electron chi connectivity index (χ3n) is 5.08. The molecule has 2 aliphatic heterocycles. The van der Waals surface area contributed by atoms with Gasteiger partial charge in [0.2, 0.25) is 0 Å². The number of carbonyl (C=O) groups is 1. The first-order valence-corrected chi connectivity index (χ1v) is 11.8. The molecule has 0 radical (unpaired) electrons.